The van der Waals surface area contributed by atoms with Crippen LogP contribution in [0.1, 0.15) is 32.4 Å². The molecule has 1 heterocycles. The first-order valence-corrected chi connectivity index (χ1v) is 5.72. The Kier molecular flexibility index (Phi) is 4.75. The van der Waals surface area contributed by atoms with Crippen molar-refractivity contribution < 1.29 is 23.0 Å². The third kappa shape index (κ3) is 5.89. The van der Waals surface area contributed by atoms with Crippen LogP contribution < -0.4 is 10.1 Å². The molecule has 0 aliphatic rings. The SMILES string of the molecule is CC(C)(C)NC[C@H](O)c1cccnc1OC(F)(F)F. The van der Waals surface area contributed by atoms with E-state index < -0.39 is 18.3 Å². The zero-order chi connectivity index (χ0) is 14.7. The first kappa shape index (κ1) is 15.7. The van der Waals surface area contributed by atoms with Crippen molar-refractivity contribution in [3.63, 3.8) is 0 Å². The van der Waals surface area contributed by atoms with Crippen LogP contribution in [0.4, 0.5) is 13.2 Å². The molecule has 0 aliphatic carbocycles. The second kappa shape index (κ2) is 5.75. The highest BCUT2D eigenvalue weighted by molar-refractivity contribution is 5.28. The summed E-state index contributed by atoms with van der Waals surface area (Å²) in [5.74, 6) is -0.627. The van der Waals surface area contributed by atoms with Gasteiger partial charge in [-0.15, -0.1) is 13.2 Å². The van der Waals surface area contributed by atoms with Crippen molar-refractivity contribution in [2.24, 2.45) is 0 Å². The number of nitrogens with zero attached hydrogens (tertiary/aromatic N) is 1. The number of rotatable bonds is 4. The van der Waals surface area contributed by atoms with E-state index in [-0.39, 0.29) is 17.6 Å². The number of hydrogen-bond acceptors (Lipinski definition) is 4. The van der Waals surface area contributed by atoms with Crippen LogP contribution in [0.25, 0.3) is 0 Å². The summed E-state index contributed by atoms with van der Waals surface area (Å²) in [6.45, 7) is 5.76. The van der Waals surface area contributed by atoms with E-state index in [0.29, 0.717) is 0 Å². The molecule has 7 heteroatoms. The molecule has 0 aromatic carbocycles. The summed E-state index contributed by atoms with van der Waals surface area (Å²) in [6, 6.07) is 2.79. The van der Waals surface area contributed by atoms with Gasteiger partial charge in [-0.2, -0.15) is 0 Å². The number of hydrogen-bond donors (Lipinski definition) is 2. The summed E-state index contributed by atoms with van der Waals surface area (Å²) in [5.41, 5.74) is -0.259. The number of aliphatic hydroxyl groups excluding tert-OH is 1. The molecule has 0 saturated carbocycles. The number of ether oxygens (including phenoxy) is 1. The normalized spacial score (nSPS) is 14.3. The zero-order valence-electron chi connectivity index (χ0n) is 11.0. The van der Waals surface area contributed by atoms with Gasteiger partial charge in [0.1, 0.15) is 0 Å². The lowest BCUT2D eigenvalue weighted by molar-refractivity contribution is -0.276. The highest BCUT2D eigenvalue weighted by Crippen LogP contribution is 2.28. The minimum atomic E-state index is -4.83. The topological polar surface area (TPSA) is 54.4 Å². The maximum absolute atomic E-state index is 12.2. The van der Waals surface area contributed by atoms with Crippen LogP contribution in [0.15, 0.2) is 18.3 Å². The van der Waals surface area contributed by atoms with E-state index >= 15 is 0 Å². The van der Waals surface area contributed by atoms with Gasteiger partial charge < -0.3 is 15.2 Å². The Morgan fingerprint density at radius 1 is 1.37 bits per heavy atom. The highest BCUT2D eigenvalue weighted by atomic mass is 19.4. The molecule has 0 aliphatic heterocycles. The van der Waals surface area contributed by atoms with Gasteiger partial charge in [0, 0.05) is 23.8 Å². The Labute approximate surface area is 109 Å². The van der Waals surface area contributed by atoms with Crippen LogP contribution >= 0.6 is 0 Å². The molecule has 0 spiro atoms. The lowest BCUT2D eigenvalue weighted by Crippen LogP contribution is -2.38. The molecule has 1 rings (SSSR count). The molecule has 0 amide bonds. The van der Waals surface area contributed by atoms with E-state index in [4.69, 9.17) is 0 Å². The number of nitrogens with one attached hydrogen (secondary N) is 1. The average molecular weight is 278 g/mol. The van der Waals surface area contributed by atoms with Gasteiger partial charge >= 0.3 is 6.36 Å². The molecule has 0 saturated heterocycles. The Morgan fingerprint density at radius 3 is 2.53 bits per heavy atom. The van der Waals surface area contributed by atoms with Gasteiger partial charge in [-0.05, 0) is 32.9 Å². The standard InChI is InChI=1S/C12H17F3N2O2/c1-11(2,3)17-7-9(18)8-5-4-6-16-10(8)19-12(13,14)15/h4-6,9,17-18H,7H2,1-3H3/t9-/m0/s1. The monoisotopic (exact) mass is 278 g/mol. The first-order valence-electron chi connectivity index (χ1n) is 5.72. The third-order valence-corrected chi connectivity index (χ3v) is 2.20. The molecular weight excluding hydrogens is 261 g/mol. The van der Waals surface area contributed by atoms with Crippen LogP contribution in [0.3, 0.4) is 0 Å². The Bertz CT molecular complexity index is 416. The maximum atomic E-state index is 12.2. The lowest BCUT2D eigenvalue weighted by Gasteiger charge is -2.23. The van der Waals surface area contributed by atoms with Crippen molar-refractivity contribution in [1.29, 1.82) is 0 Å². The van der Waals surface area contributed by atoms with Crippen LogP contribution in [-0.4, -0.2) is 28.5 Å². The fraction of sp³-hybridized carbons (Fsp3) is 0.583. The quantitative estimate of drug-likeness (QED) is 0.888. The summed E-state index contributed by atoms with van der Waals surface area (Å²) in [6.07, 6.45) is -4.79. The summed E-state index contributed by atoms with van der Waals surface area (Å²) < 4.78 is 40.4. The van der Waals surface area contributed by atoms with Crippen molar-refractivity contribution in [2.75, 3.05) is 6.54 Å². The Hall–Kier alpha value is -1.34. The number of halogens is 3. The molecular formula is C12H17F3N2O2. The van der Waals surface area contributed by atoms with E-state index in [1.165, 1.54) is 18.3 Å². The molecule has 1 atom stereocenters. The molecule has 0 fully saturated rings. The molecule has 19 heavy (non-hydrogen) atoms. The second-order valence-corrected chi connectivity index (χ2v) is 5.09. The van der Waals surface area contributed by atoms with Gasteiger partial charge in [0.15, 0.2) is 0 Å². The fourth-order valence-electron chi connectivity index (χ4n) is 1.36. The fourth-order valence-corrected chi connectivity index (χ4v) is 1.36. The van der Waals surface area contributed by atoms with E-state index in [0.717, 1.165) is 0 Å². The van der Waals surface area contributed by atoms with Gasteiger partial charge in [0.05, 0.1) is 6.10 Å². The van der Waals surface area contributed by atoms with Crippen molar-refractivity contribution in [1.82, 2.24) is 10.3 Å². The Morgan fingerprint density at radius 2 is 2.00 bits per heavy atom. The van der Waals surface area contributed by atoms with Gasteiger partial charge in [0.2, 0.25) is 5.88 Å². The molecule has 1 aromatic rings. The predicted molar refractivity (Wildman–Crippen MR) is 63.6 cm³/mol. The lowest BCUT2D eigenvalue weighted by atomic mass is 10.1. The minimum absolute atomic E-state index is 0.00317. The number of aliphatic hydroxyl groups is 1. The number of aromatic nitrogens is 1. The average Bonchev–Trinajstić information content (AvgIpc) is 2.23. The summed E-state index contributed by atoms with van der Waals surface area (Å²) in [5, 5.41) is 12.9. The zero-order valence-corrected chi connectivity index (χ0v) is 11.0. The van der Waals surface area contributed by atoms with Gasteiger partial charge in [-0.3, -0.25) is 0 Å². The minimum Gasteiger partial charge on any atom is -0.387 e. The van der Waals surface area contributed by atoms with Gasteiger partial charge in [0.25, 0.3) is 0 Å². The number of alkyl halides is 3. The highest BCUT2D eigenvalue weighted by Gasteiger charge is 2.33. The van der Waals surface area contributed by atoms with Crippen molar-refractivity contribution >= 4 is 0 Å². The van der Waals surface area contributed by atoms with Gasteiger partial charge in [-0.1, -0.05) is 0 Å². The van der Waals surface area contributed by atoms with Crippen molar-refractivity contribution in [3.05, 3.63) is 23.9 Å². The number of β-amino-alcohol motifs (C(OH)–C–C–N with tert-alkyl or cyclic N) is 1. The maximum Gasteiger partial charge on any atom is 0.574 e. The molecule has 1 aromatic heterocycles. The van der Waals surface area contributed by atoms with E-state index in [9.17, 15) is 18.3 Å². The third-order valence-electron chi connectivity index (χ3n) is 2.20. The van der Waals surface area contributed by atoms with Gasteiger partial charge in [-0.25, -0.2) is 4.98 Å². The van der Waals surface area contributed by atoms with Crippen LogP contribution in [0.2, 0.25) is 0 Å². The smallest absolute Gasteiger partial charge is 0.387 e. The van der Waals surface area contributed by atoms with Crippen molar-refractivity contribution in [3.8, 4) is 5.88 Å². The van der Waals surface area contributed by atoms with E-state index in [2.05, 4.69) is 15.0 Å². The van der Waals surface area contributed by atoms with Crippen LogP contribution in [0, 0.1) is 0 Å². The predicted octanol–water partition coefficient (Wildman–Crippen LogP) is 2.40. The molecule has 0 bridgehead atoms. The number of pyridine rings is 1. The summed E-state index contributed by atoms with van der Waals surface area (Å²) in [4.78, 5) is 3.50. The van der Waals surface area contributed by atoms with E-state index in [1.54, 1.807) is 0 Å². The molecule has 108 valence electrons. The first-order chi connectivity index (χ1) is 8.58. The largest absolute Gasteiger partial charge is 0.574 e. The summed E-state index contributed by atoms with van der Waals surface area (Å²) in [7, 11) is 0. The molecule has 4 nitrogen and oxygen atoms in total. The van der Waals surface area contributed by atoms with E-state index in [1.807, 2.05) is 20.8 Å². The second-order valence-electron chi connectivity index (χ2n) is 5.09. The molecule has 0 radical (unpaired) electrons. The van der Waals surface area contributed by atoms with Crippen molar-refractivity contribution in [2.45, 2.75) is 38.8 Å². The Balaban J connectivity index is 2.82. The van der Waals surface area contributed by atoms with Crippen LogP contribution in [-0.2, 0) is 0 Å². The summed E-state index contributed by atoms with van der Waals surface area (Å²) >= 11 is 0. The molecule has 2 N–H and O–H groups in total. The molecule has 0 unspecified atom stereocenters. The van der Waals surface area contributed by atoms with Crippen LogP contribution in [0.5, 0.6) is 5.88 Å².